The van der Waals surface area contributed by atoms with Gasteiger partial charge in [0.15, 0.2) is 0 Å². The number of aromatic nitrogens is 2. The third-order valence-corrected chi connectivity index (χ3v) is 3.72. The van der Waals surface area contributed by atoms with Crippen LogP contribution in [0.1, 0.15) is 5.56 Å². The van der Waals surface area contributed by atoms with Crippen LogP contribution in [0.4, 0.5) is 5.69 Å². The van der Waals surface area contributed by atoms with Gasteiger partial charge in [0.1, 0.15) is 5.75 Å². The van der Waals surface area contributed by atoms with Gasteiger partial charge >= 0.3 is 0 Å². The number of benzene rings is 2. The minimum absolute atomic E-state index is 0.0276. The Kier molecular flexibility index (Phi) is 3.39. The number of halogens is 1. The van der Waals surface area contributed by atoms with Crippen molar-refractivity contribution in [3.05, 3.63) is 46.4 Å². The predicted molar refractivity (Wildman–Crippen MR) is 83.7 cm³/mol. The van der Waals surface area contributed by atoms with E-state index in [1.807, 2.05) is 25.1 Å². The minimum Gasteiger partial charge on any atom is -0.506 e. The molecule has 21 heavy (non-hydrogen) atoms. The smallest absolute Gasteiger partial charge is 0.258 e. The predicted octanol–water partition coefficient (Wildman–Crippen LogP) is 3.76. The van der Waals surface area contributed by atoms with Crippen molar-refractivity contribution in [3.63, 3.8) is 0 Å². The molecule has 0 bridgehead atoms. The molecule has 0 aliphatic rings. The maximum Gasteiger partial charge on any atom is 0.258 e. The zero-order valence-corrected chi connectivity index (χ0v) is 12.8. The van der Waals surface area contributed by atoms with Gasteiger partial charge in [-0.05, 0) is 42.8 Å². The lowest BCUT2D eigenvalue weighted by molar-refractivity contribution is 0.432. The molecule has 0 spiro atoms. The first-order valence-electron chi connectivity index (χ1n) is 6.23. The number of phenolic OH excluding ortho intramolecular Hbond substituents is 1. The highest BCUT2D eigenvalue weighted by Gasteiger charge is 2.13. The summed E-state index contributed by atoms with van der Waals surface area (Å²) in [4.78, 5) is 4.37. The zero-order valence-electron chi connectivity index (χ0n) is 11.2. The molecule has 1 aromatic heterocycles. The Hall–Kier alpha value is -2.34. The molecule has 0 radical (unpaired) electrons. The van der Waals surface area contributed by atoms with E-state index in [0.717, 1.165) is 15.6 Å². The van der Waals surface area contributed by atoms with Crippen LogP contribution in [0.2, 0.25) is 0 Å². The molecule has 0 fully saturated rings. The van der Waals surface area contributed by atoms with Crippen molar-refractivity contribution < 1.29 is 9.63 Å². The standard InChI is InChI=1S/C15H12BrN3O2/c1-8-2-4-10(11(16)6-8)14-18-15(21-19-14)9-3-5-13(20)12(17)7-9/h2-7,20H,17H2,1H3. The van der Waals surface area contributed by atoms with Crippen LogP contribution in [0.15, 0.2) is 45.4 Å². The van der Waals surface area contributed by atoms with Crippen molar-refractivity contribution in [2.24, 2.45) is 0 Å². The molecule has 0 aliphatic heterocycles. The summed E-state index contributed by atoms with van der Waals surface area (Å²) in [5, 5.41) is 13.4. The third kappa shape index (κ3) is 2.62. The molecule has 1 heterocycles. The van der Waals surface area contributed by atoms with Gasteiger partial charge in [0, 0.05) is 15.6 Å². The van der Waals surface area contributed by atoms with Crippen molar-refractivity contribution in [1.82, 2.24) is 10.1 Å². The van der Waals surface area contributed by atoms with E-state index in [9.17, 15) is 5.11 Å². The summed E-state index contributed by atoms with van der Waals surface area (Å²) in [7, 11) is 0. The summed E-state index contributed by atoms with van der Waals surface area (Å²) in [6.45, 7) is 2.01. The maximum atomic E-state index is 9.44. The van der Waals surface area contributed by atoms with Crippen molar-refractivity contribution in [1.29, 1.82) is 0 Å². The highest BCUT2D eigenvalue weighted by atomic mass is 79.9. The van der Waals surface area contributed by atoms with E-state index < -0.39 is 0 Å². The molecular weight excluding hydrogens is 334 g/mol. The number of rotatable bonds is 2. The van der Waals surface area contributed by atoms with E-state index >= 15 is 0 Å². The normalized spacial score (nSPS) is 10.8. The second kappa shape index (κ2) is 5.21. The number of hydrogen-bond donors (Lipinski definition) is 2. The number of nitrogens with two attached hydrogens (primary N) is 1. The fraction of sp³-hybridized carbons (Fsp3) is 0.0667. The van der Waals surface area contributed by atoms with Gasteiger partial charge < -0.3 is 15.4 Å². The average Bonchev–Trinajstić information content (AvgIpc) is 2.91. The molecule has 6 heteroatoms. The van der Waals surface area contributed by atoms with Crippen molar-refractivity contribution >= 4 is 21.6 Å². The lowest BCUT2D eigenvalue weighted by Gasteiger charge is -2.00. The van der Waals surface area contributed by atoms with E-state index in [0.29, 0.717) is 17.3 Å². The molecule has 2 aromatic carbocycles. The van der Waals surface area contributed by atoms with E-state index in [4.69, 9.17) is 10.3 Å². The molecule has 3 aromatic rings. The van der Waals surface area contributed by atoms with Gasteiger partial charge in [-0.25, -0.2) is 0 Å². The first-order chi connectivity index (χ1) is 10.0. The van der Waals surface area contributed by atoms with Gasteiger partial charge in [-0.3, -0.25) is 0 Å². The van der Waals surface area contributed by atoms with Crippen LogP contribution >= 0.6 is 15.9 Å². The van der Waals surface area contributed by atoms with Crippen molar-refractivity contribution in [2.45, 2.75) is 6.92 Å². The maximum absolute atomic E-state index is 9.44. The molecule has 0 atom stereocenters. The average molecular weight is 346 g/mol. The van der Waals surface area contributed by atoms with Crippen LogP contribution in [0.3, 0.4) is 0 Å². The Bertz CT molecular complexity index is 814. The Balaban J connectivity index is 2.01. The molecule has 106 valence electrons. The fourth-order valence-corrected chi connectivity index (χ4v) is 2.61. The van der Waals surface area contributed by atoms with Gasteiger partial charge in [0.05, 0.1) is 5.69 Å². The molecule has 3 rings (SSSR count). The van der Waals surface area contributed by atoms with Crippen molar-refractivity contribution in [2.75, 3.05) is 5.73 Å². The largest absolute Gasteiger partial charge is 0.506 e. The topological polar surface area (TPSA) is 85.2 Å². The van der Waals surface area contributed by atoms with E-state index in [1.54, 1.807) is 12.1 Å². The number of aryl methyl sites for hydroxylation is 1. The Morgan fingerprint density at radius 1 is 1.19 bits per heavy atom. The van der Waals surface area contributed by atoms with Crippen LogP contribution < -0.4 is 5.73 Å². The van der Waals surface area contributed by atoms with Gasteiger partial charge in [0.2, 0.25) is 5.82 Å². The number of nitrogen functional groups attached to an aromatic ring is 1. The van der Waals surface area contributed by atoms with E-state index in [2.05, 4.69) is 26.1 Å². The van der Waals surface area contributed by atoms with Crippen LogP contribution in [0.25, 0.3) is 22.8 Å². The highest BCUT2D eigenvalue weighted by molar-refractivity contribution is 9.10. The van der Waals surface area contributed by atoms with Gasteiger partial charge in [-0.1, -0.05) is 27.2 Å². The molecule has 5 nitrogen and oxygen atoms in total. The van der Waals surface area contributed by atoms with E-state index in [-0.39, 0.29) is 11.4 Å². The number of anilines is 1. The Morgan fingerprint density at radius 3 is 2.71 bits per heavy atom. The molecule has 0 saturated carbocycles. The number of hydrogen-bond acceptors (Lipinski definition) is 5. The second-order valence-electron chi connectivity index (χ2n) is 4.68. The second-order valence-corrected chi connectivity index (χ2v) is 5.53. The lowest BCUT2D eigenvalue weighted by atomic mass is 10.1. The van der Waals surface area contributed by atoms with Gasteiger partial charge in [-0.15, -0.1) is 0 Å². The number of aromatic hydroxyl groups is 1. The van der Waals surface area contributed by atoms with E-state index in [1.165, 1.54) is 6.07 Å². The van der Waals surface area contributed by atoms with Crippen LogP contribution in [0.5, 0.6) is 5.75 Å². The summed E-state index contributed by atoms with van der Waals surface area (Å²) in [5.74, 6) is 0.868. The molecule has 3 N–H and O–H groups in total. The zero-order chi connectivity index (χ0) is 15.0. The van der Waals surface area contributed by atoms with Crippen LogP contribution in [-0.4, -0.2) is 15.2 Å². The Morgan fingerprint density at radius 2 is 2.00 bits per heavy atom. The molecule has 0 aliphatic carbocycles. The monoisotopic (exact) mass is 345 g/mol. The summed E-state index contributed by atoms with van der Waals surface area (Å²) in [6.07, 6.45) is 0. The molecular formula is C15H12BrN3O2. The fourth-order valence-electron chi connectivity index (χ4n) is 1.94. The van der Waals surface area contributed by atoms with Crippen LogP contribution in [-0.2, 0) is 0 Å². The summed E-state index contributed by atoms with van der Waals surface area (Å²) >= 11 is 3.50. The minimum atomic E-state index is 0.0276. The first-order valence-corrected chi connectivity index (χ1v) is 7.03. The summed E-state index contributed by atoms with van der Waals surface area (Å²) in [5.41, 5.74) is 8.59. The number of nitrogens with zero attached hydrogens (tertiary/aromatic N) is 2. The summed E-state index contributed by atoms with van der Waals surface area (Å²) in [6, 6.07) is 10.7. The highest BCUT2D eigenvalue weighted by Crippen LogP contribution is 2.30. The van der Waals surface area contributed by atoms with Gasteiger partial charge in [0.25, 0.3) is 5.89 Å². The first kappa shape index (κ1) is 13.6. The molecule has 0 saturated heterocycles. The number of phenols is 1. The van der Waals surface area contributed by atoms with Gasteiger partial charge in [-0.2, -0.15) is 4.98 Å². The Labute approximate surface area is 129 Å². The SMILES string of the molecule is Cc1ccc(-c2noc(-c3ccc(O)c(N)c3)n2)c(Br)c1. The lowest BCUT2D eigenvalue weighted by Crippen LogP contribution is -1.87. The summed E-state index contributed by atoms with van der Waals surface area (Å²) < 4.78 is 6.17. The molecule has 0 unspecified atom stereocenters. The van der Waals surface area contributed by atoms with Crippen LogP contribution in [0, 0.1) is 6.92 Å². The molecule has 0 amide bonds. The van der Waals surface area contributed by atoms with Crippen molar-refractivity contribution in [3.8, 4) is 28.6 Å². The third-order valence-electron chi connectivity index (χ3n) is 3.07. The quantitative estimate of drug-likeness (QED) is 0.545.